The molecule has 0 saturated carbocycles. The van der Waals surface area contributed by atoms with E-state index in [0.717, 1.165) is 0 Å². The largest absolute Gasteiger partial charge is 0.403 e. The van der Waals surface area contributed by atoms with E-state index in [2.05, 4.69) is 5.32 Å². The van der Waals surface area contributed by atoms with Crippen LogP contribution in [0.4, 0.5) is 13.2 Å². The van der Waals surface area contributed by atoms with Crippen LogP contribution in [0.3, 0.4) is 0 Å². The van der Waals surface area contributed by atoms with Crippen molar-refractivity contribution in [2.24, 2.45) is 0 Å². The maximum Gasteiger partial charge on any atom is 0.403 e. The van der Waals surface area contributed by atoms with E-state index in [1.54, 1.807) is 0 Å². The highest BCUT2D eigenvalue weighted by molar-refractivity contribution is 4.82. The molecule has 2 nitrogen and oxygen atoms in total. The van der Waals surface area contributed by atoms with Crippen molar-refractivity contribution in [3.8, 4) is 0 Å². The molecule has 0 aromatic rings. The van der Waals surface area contributed by atoms with E-state index in [0.29, 0.717) is 6.42 Å². The van der Waals surface area contributed by atoms with E-state index in [9.17, 15) is 13.2 Å². The number of alkyl halides is 3. The SMILES string of the molecule is O[C@H]1CCN[C@H](C(F)(F)F)C1. The fourth-order valence-electron chi connectivity index (χ4n) is 1.15. The van der Waals surface area contributed by atoms with Crippen LogP contribution in [0, 0.1) is 0 Å². The fourth-order valence-corrected chi connectivity index (χ4v) is 1.15. The molecule has 1 saturated heterocycles. The molecule has 5 heteroatoms. The summed E-state index contributed by atoms with van der Waals surface area (Å²) in [5.41, 5.74) is 0. The Morgan fingerprint density at radius 3 is 2.36 bits per heavy atom. The van der Waals surface area contributed by atoms with E-state index in [1.165, 1.54) is 0 Å². The Kier molecular flexibility index (Phi) is 2.39. The quantitative estimate of drug-likeness (QED) is 0.558. The number of piperidine rings is 1. The van der Waals surface area contributed by atoms with Gasteiger partial charge in [-0.25, -0.2) is 0 Å². The van der Waals surface area contributed by atoms with Gasteiger partial charge in [-0.3, -0.25) is 0 Å². The molecule has 0 amide bonds. The van der Waals surface area contributed by atoms with Gasteiger partial charge in [0.1, 0.15) is 6.04 Å². The average molecular weight is 169 g/mol. The number of nitrogens with one attached hydrogen (secondary N) is 1. The van der Waals surface area contributed by atoms with Crippen molar-refractivity contribution in [3.05, 3.63) is 0 Å². The van der Waals surface area contributed by atoms with Gasteiger partial charge in [-0.1, -0.05) is 0 Å². The highest BCUT2D eigenvalue weighted by atomic mass is 19.4. The second-order valence-corrected chi connectivity index (χ2v) is 2.73. The highest BCUT2D eigenvalue weighted by Gasteiger charge is 2.41. The van der Waals surface area contributed by atoms with Gasteiger partial charge in [0, 0.05) is 0 Å². The monoisotopic (exact) mass is 169 g/mol. The zero-order valence-corrected chi connectivity index (χ0v) is 5.86. The summed E-state index contributed by atoms with van der Waals surface area (Å²) < 4.78 is 35.8. The second kappa shape index (κ2) is 2.98. The molecule has 0 unspecified atom stereocenters. The summed E-state index contributed by atoms with van der Waals surface area (Å²) in [6.07, 6.45) is -4.83. The molecule has 0 bridgehead atoms. The third-order valence-electron chi connectivity index (χ3n) is 1.77. The number of aliphatic hydroxyl groups is 1. The first-order valence-corrected chi connectivity index (χ1v) is 3.48. The molecule has 2 N–H and O–H groups in total. The smallest absolute Gasteiger partial charge is 0.393 e. The van der Waals surface area contributed by atoms with Gasteiger partial charge in [0.15, 0.2) is 0 Å². The topological polar surface area (TPSA) is 32.3 Å². The van der Waals surface area contributed by atoms with Gasteiger partial charge in [-0.2, -0.15) is 13.2 Å². The highest BCUT2D eigenvalue weighted by Crippen LogP contribution is 2.25. The summed E-state index contributed by atoms with van der Waals surface area (Å²) in [5.74, 6) is 0. The Bertz CT molecular complexity index is 136. The van der Waals surface area contributed by atoms with Crippen molar-refractivity contribution >= 4 is 0 Å². The Morgan fingerprint density at radius 2 is 2.00 bits per heavy atom. The summed E-state index contributed by atoms with van der Waals surface area (Å²) in [7, 11) is 0. The predicted molar refractivity (Wildman–Crippen MR) is 33.1 cm³/mol. The molecule has 66 valence electrons. The summed E-state index contributed by atoms with van der Waals surface area (Å²) >= 11 is 0. The van der Waals surface area contributed by atoms with Crippen LogP contribution in [-0.4, -0.2) is 30.0 Å². The lowest BCUT2D eigenvalue weighted by Crippen LogP contribution is -2.49. The predicted octanol–water partition coefficient (Wildman–Crippen LogP) is 0.662. The summed E-state index contributed by atoms with van der Waals surface area (Å²) in [5, 5.41) is 11.2. The molecular formula is C6H10F3NO. The fraction of sp³-hybridized carbons (Fsp3) is 1.00. The molecule has 0 aromatic heterocycles. The molecule has 0 aliphatic carbocycles. The van der Waals surface area contributed by atoms with Crippen molar-refractivity contribution < 1.29 is 18.3 Å². The summed E-state index contributed by atoms with van der Waals surface area (Å²) in [6.45, 7) is 0.241. The first kappa shape index (κ1) is 8.80. The number of hydrogen-bond acceptors (Lipinski definition) is 2. The minimum absolute atomic E-state index is 0.219. The van der Waals surface area contributed by atoms with Crippen LogP contribution < -0.4 is 5.32 Å². The Balaban J connectivity index is 2.46. The summed E-state index contributed by atoms with van der Waals surface area (Å²) in [6, 6.07) is -1.52. The molecule has 1 fully saturated rings. The lowest BCUT2D eigenvalue weighted by atomic mass is 10.0. The number of halogens is 3. The molecule has 0 aromatic carbocycles. The van der Waals surface area contributed by atoms with Gasteiger partial charge in [0.05, 0.1) is 6.10 Å². The molecular weight excluding hydrogens is 159 g/mol. The normalized spacial score (nSPS) is 33.8. The molecule has 11 heavy (non-hydrogen) atoms. The molecule has 1 aliphatic rings. The van der Waals surface area contributed by atoms with Gasteiger partial charge >= 0.3 is 6.18 Å². The van der Waals surface area contributed by atoms with Crippen LogP contribution in [0.5, 0.6) is 0 Å². The molecule has 0 spiro atoms. The lowest BCUT2D eigenvalue weighted by Gasteiger charge is -2.28. The molecule has 2 atom stereocenters. The van der Waals surface area contributed by atoms with Crippen LogP contribution in [0.1, 0.15) is 12.8 Å². The number of hydrogen-bond donors (Lipinski definition) is 2. The Morgan fingerprint density at radius 1 is 1.36 bits per heavy atom. The zero-order chi connectivity index (χ0) is 8.48. The minimum atomic E-state index is -4.22. The van der Waals surface area contributed by atoms with Crippen molar-refractivity contribution in [2.45, 2.75) is 31.2 Å². The maximum absolute atomic E-state index is 11.9. The van der Waals surface area contributed by atoms with Gasteiger partial charge in [0.2, 0.25) is 0 Å². The Labute approximate surface area is 62.4 Å². The standard InChI is InChI=1S/C6H10F3NO/c7-6(8,9)5-3-4(11)1-2-10-5/h4-5,10-11H,1-3H2/t4-,5-/m0/s1. The van der Waals surface area contributed by atoms with E-state index in [4.69, 9.17) is 5.11 Å². The van der Waals surface area contributed by atoms with E-state index >= 15 is 0 Å². The zero-order valence-electron chi connectivity index (χ0n) is 5.86. The van der Waals surface area contributed by atoms with E-state index in [-0.39, 0.29) is 13.0 Å². The van der Waals surface area contributed by atoms with Gasteiger partial charge < -0.3 is 10.4 Å². The molecule has 1 rings (SSSR count). The second-order valence-electron chi connectivity index (χ2n) is 2.73. The third kappa shape index (κ3) is 2.34. The third-order valence-corrected chi connectivity index (χ3v) is 1.77. The van der Waals surface area contributed by atoms with Crippen LogP contribution in [0.15, 0.2) is 0 Å². The van der Waals surface area contributed by atoms with Gasteiger partial charge in [-0.05, 0) is 19.4 Å². The minimum Gasteiger partial charge on any atom is -0.393 e. The lowest BCUT2D eigenvalue weighted by molar-refractivity contribution is -0.167. The first-order chi connectivity index (χ1) is 5.00. The van der Waals surface area contributed by atoms with Crippen LogP contribution in [0.25, 0.3) is 0 Å². The molecule has 1 heterocycles. The van der Waals surface area contributed by atoms with E-state index in [1.807, 2.05) is 0 Å². The van der Waals surface area contributed by atoms with E-state index < -0.39 is 18.3 Å². The molecule has 1 aliphatic heterocycles. The van der Waals surface area contributed by atoms with Crippen molar-refractivity contribution in [2.75, 3.05) is 6.54 Å². The summed E-state index contributed by atoms with van der Waals surface area (Å²) in [4.78, 5) is 0. The van der Waals surface area contributed by atoms with Crippen LogP contribution in [0.2, 0.25) is 0 Å². The molecule has 0 radical (unpaired) electrons. The average Bonchev–Trinajstić information content (AvgIpc) is 1.86. The van der Waals surface area contributed by atoms with Crippen LogP contribution >= 0.6 is 0 Å². The van der Waals surface area contributed by atoms with Gasteiger partial charge in [0.25, 0.3) is 0 Å². The van der Waals surface area contributed by atoms with Crippen LogP contribution in [-0.2, 0) is 0 Å². The number of aliphatic hydroxyl groups excluding tert-OH is 1. The van der Waals surface area contributed by atoms with Crippen molar-refractivity contribution in [1.29, 1.82) is 0 Å². The Hall–Kier alpha value is -0.290. The van der Waals surface area contributed by atoms with Gasteiger partial charge in [-0.15, -0.1) is 0 Å². The number of rotatable bonds is 0. The van der Waals surface area contributed by atoms with Crippen molar-refractivity contribution in [1.82, 2.24) is 5.32 Å². The van der Waals surface area contributed by atoms with Crippen molar-refractivity contribution in [3.63, 3.8) is 0 Å². The first-order valence-electron chi connectivity index (χ1n) is 3.48. The maximum atomic E-state index is 11.9.